The molecule has 2 aromatic rings. The molecule has 7 heteroatoms. The minimum atomic E-state index is -1.06. The molecule has 7 nitrogen and oxygen atoms in total. The summed E-state index contributed by atoms with van der Waals surface area (Å²) in [5.74, 6) is -0.582. The van der Waals surface area contributed by atoms with Crippen LogP contribution in [0.25, 0.3) is 0 Å². The van der Waals surface area contributed by atoms with Crippen molar-refractivity contribution in [1.29, 1.82) is 0 Å². The van der Waals surface area contributed by atoms with Crippen molar-refractivity contribution in [2.24, 2.45) is 5.92 Å². The molecule has 0 aromatic heterocycles. The van der Waals surface area contributed by atoms with Gasteiger partial charge in [0.15, 0.2) is 23.0 Å². The monoisotopic (exact) mass is 388 g/mol. The molecule has 0 aliphatic heterocycles. The van der Waals surface area contributed by atoms with E-state index in [0.717, 1.165) is 11.1 Å². The van der Waals surface area contributed by atoms with Gasteiger partial charge in [0, 0.05) is 5.92 Å². The molecule has 0 heterocycles. The Morgan fingerprint density at radius 2 is 1.46 bits per heavy atom. The lowest BCUT2D eigenvalue weighted by Crippen LogP contribution is -2.39. The molecule has 0 saturated carbocycles. The lowest BCUT2D eigenvalue weighted by molar-refractivity contribution is -0.146. The molecule has 0 amide bonds. The highest BCUT2D eigenvalue weighted by atomic mass is 16.5. The number of hydrogen-bond donors (Lipinski definition) is 2. The number of benzene rings is 2. The summed E-state index contributed by atoms with van der Waals surface area (Å²) in [6.07, 6.45) is -0.822. The average Bonchev–Trinajstić information content (AvgIpc) is 2.70. The molecule has 2 aromatic carbocycles. The molecule has 28 heavy (non-hydrogen) atoms. The smallest absolute Gasteiger partial charge is 0.310 e. The van der Waals surface area contributed by atoms with Crippen LogP contribution in [0, 0.1) is 5.92 Å². The van der Waals surface area contributed by atoms with Gasteiger partial charge in [0.05, 0.1) is 40.5 Å². The average molecular weight is 388 g/mol. The normalized spacial score (nSPS) is 20.8. The number of ether oxygens (including phenoxy) is 4. The van der Waals surface area contributed by atoms with Crippen molar-refractivity contribution < 1.29 is 34.0 Å². The number of carbonyl (C=O) groups is 1. The largest absolute Gasteiger partial charge is 0.493 e. The molecule has 150 valence electrons. The van der Waals surface area contributed by atoms with Gasteiger partial charge in [0.1, 0.15) is 0 Å². The van der Waals surface area contributed by atoms with E-state index in [1.807, 2.05) is 0 Å². The minimum Gasteiger partial charge on any atom is -0.493 e. The fourth-order valence-corrected chi connectivity index (χ4v) is 3.91. The Bertz CT molecular complexity index is 877. The highest BCUT2D eigenvalue weighted by Gasteiger charge is 2.42. The van der Waals surface area contributed by atoms with Crippen molar-refractivity contribution >= 4 is 5.97 Å². The Labute approximate surface area is 163 Å². The van der Waals surface area contributed by atoms with Crippen LogP contribution in [-0.2, 0) is 11.2 Å². The lowest BCUT2D eigenvalue weighted by atomic mass is 9.70. The van der Waals surface area contributed by atoms with E-state index in [1.54, 1.807) is 30.3 Å². The van der Waals surface area contributed by atoms with Crippen LogP contribution in [0.2, 0.25) is 0 Å². The van der Waals surface area contributed by atoms with E-state index in [1.165, 1.54) is 28.4 Å². The van der Waals surface area contributed by atoms with Crippen LogP contribution in [0.5, 0.6) is 23.0 Å². The standard InChI is InChI=1S/C21H24O7/c1-25-15-6-5-11(8-16(15)26-2)19-13-10-18(28-4)17(27-3)9-12(13)7-14(22)20(19)21(23)24/h5-6,8-10,14,19-20,22H,7H2,1-4H3,(H,23,24)/t14-,19+,20+/m0/s1. The number of fused-ring (bicyclic) bond motifs is 1. The molecule has 1 aliphatic carbocycles. The summed E-state index contributed by atoms with van der Waals surface area (Å²) >= 11 is 0. The van der Waals surface area contributed by atoms with E-state index in [-0.39, 0.29) is 6.42 Å². The van der Waals surface area contributed by atoms with Gasteiger partial charge in [-0.2, -0.15) is 0 Å². The minimum absolute atomic E-state index is 0.219. The maximum absolute atomic E-state index is 12.0. The van der Waals surface area contributed by atoms with E-state index in [2.05, 4.69) is 0 Å². The Hall–Kier alpha value is -2.93. The van der Waals surface area contributed by atoms with Crippen molar-refractivity contribution in [1.82, 2.24) is 0 Å². The SMILES string of the molecule is COc1ccc([C@@H]2c3cc(OC)c(OC)cc3C[C@H](O)[C@H]2C(=O)O)cc1OC. The van der Waals surface area contributed by atoms with Crippen molar-refractivity contribution in [2.75, 3.05) is 28.4 Å². The second kappa shape index (κ2) is 7.98. The van der Waals surface area contributed by atoms with Gasteiger partial charge >= 0.3 is 5.97 Å². The van der Waals surface area contributed by atoms with E-state index < -0.39 is 23.9 Å². The van der Waals surface area contributed by atoms with Gasteiger partial charge in [-0.15, -0.1) is 0 Å². The van der Waals surface area contributed by atoms with Crippen LogP contribution in [-0.4, -0.2) is 50.7 Å². The molecule has 0 bridgehead atoms. The number of aliphatic hydroxyl groups is 1. The van der Waals surface area contributed by atoms with Crippen molar-refractivity contribution in [3.63, 3.8) is 0 Å². The number of hydrogen-bond acceptors (Lipinski definition) is 6. The van der Waals surface area contributed by atoms with Gasteiger partial charge < -0.3 is 29.2 Å². The zero-order chi connectivity index (χ0) is 20.4. The lowest BCUT2D eigenvalue weighted by Gasteiger charge is -2.35. The second-order valence-corrected chi connectivity index (χ2v) is 6.63. The molecule has 1 aliphatic rings. The van der Waals surface area contributed by atoms with Gasteiger partial charge in [-0.25, -0.2) is 0 Å². The molecule has 0 spiro atoms. The number of carboxylic acids is 1. The third-order valence-corrected chi connectivity index (χ3v) is 5.24. The number of aliphatic carboxylic acids is 1. The summed E-state index contributed by atoms with van der Waals surface area (Å²) in [5.41, 5.74) is 2.31. The summed E-state index contributed by atoms with van der Waals surface area (Å²) in [6.45, 7) is 0. The first-order chi connectivity index (χ1) is 13.4. The number of carboxylic acid groups (broad SMARTS) is 1. The highest BCUT2D eigenvalue weighted by Crippen LogP contribution is 2.46. The third kappa shape index (κ3) is 3.33. The van der Waals surface area contributed by atoms with E-state index in [0.29, 0.717) is 28.6 Å². The predicted molar refractivity (Wildman–Crippen MR) is 102 cm³/mol. The zero-order valence-electron chi connectivity index (χ0n) is 16.3. The van der Waals surface area contributed by atoms with Gasteiger partial charge in [-0.1, -0.05) is 6.07 Å². The highest BCUT2D eigenvalue weighted by molar-refractivity contribution is 5.75. The molecular formula is C21H24O7. The van der Waals surface area contributed by atoms with Gasteiger partial charge in [0.25, 0.3) is 0 Å². The summed E-state index contributed by atoms with van der Waals surface area (Å²) < 4.78 is 21.4. The van der Waals surface area contributed by atoms with Crippen LogP contribution in [0.4, 0.5) is 0 Å². The van der Waals surface area contributed by atoms with Gasteiger partial charge in [0.2, 0.25) is 0 Å². The van der Waals surface area contributed by atoms with Crippen LogP contribution in [0.15, 0.2) is 30.3 Å². The summed E-state index contributed by atoms with van der Waals surface area (Å²) in [6, 6.07) is 8.85. The van der Waals surface area contributed by atoms with Crippen molar-refractivity contribution in [3.8, 4) is 23.0 Å². The fourth-order valence-electron chi connectivity index (χ4n) is 3.91. The van der Waals surface area contributed by atoms with Gasteiger partial charge in [-0.3, -0.25) is 4.79 Å². The molecule has 0 saturated heterocycles. The van der Waals surface area contributed by atoms with Crippen LogP contribution < -0.4 is 18.9 Å². The summed E-state index contributed by atoms with van der Waals surface area (Å²) in [4.78, 5) is 12.0. The first kappa shape index (κ1) is 19.8. The van der Waals surface area contributed by atoms with E-state index in [9.17, 15) is 15.0 Å². The topological polar surface area (TPSA) is 94.5 Å². The van der Waals surface area contributed by atoms with E-state index in [4.69, 9.17) is 18.9 Å². The zero-order valence-corrected chi connectivity index (χ0v) is 16.3. The Balaban J connectivity index is 2.23. The first-order valence-electron chi connectivity index (χ1n) is 8.82. The quantitative estimate of drug-likeness (QED) is 0.785. The molecular weight excluding hydrogens is 364 g/mol. The molecule has 0 unspecified atom stereocenters. The number of rotatable bonds is 6. The maximum Gasteiger partial charge on any atom is 0.310 e. The summed E-state index contributed by atoms with van der Waals surface area (Å²) in [5, 5.41) is 20.5. The Morgan fingerprint density at radius 1 is 0.893 bits per heavy atom. The van der Waals surface area contributed by atoms with Crippen molar-refractivity contribution in [3.05, 3.63) is 47.0 Å². The molecule has 2 N–H and O–H groups in total. The molecule has 3 atom stereocenters. The van der Waals surface area contributed by atoms with Crippen LogP contribution in [0.1, 0.15) is 22.6 Å². The summed E-state index contributed by atoms with van der Waals surface area (Å²) in [7, 11) is 6.12. The number of methoxy groups -OCH3 is 4. The number of aliphatic hydroxyl groups excluding tert-OH is 1. The Kier molecular flexibility index (Phi) is 5.65. The molecule has 0 radical (unpaired) electrons. The van der Waals surface area contributed by atoms with Crippen LogP contribution in [0.3, 0.4) is 0 Å². The predicted octanol–water partition coefficient (Wildman–Crippen LogP) is 2.47. The fraction of sp³-hybridized carbons (Fsp3) is 0.381. The van der Waals surface area contributed by atoms with Crippen molar-refractivity contribution in [2.45, 2.75) is 18.4 Å². The third-order valence-electron chi connectivity index (χ3n) is 5.24. The first-order valence-corrected chi connectivity index (χ1v) is 8.82. The van der Waals surface area contributed by atoms with Crippen LogP contribution >= 0.6 is 0 Å². The Morgan fingerprint density at radius 3 is 2.04 bits per heavy atom. The maximum atomic E-state index is 12.0. The van der Waals surface area contributed by atoms with Gasteiger partial charge in [-0.05, 0) is 47.4 Å². The molecule has 3 rings (SSSR count). The molecule has 0 fully saturated rings. The second-order valence-electron chi connectivity index (χ2n) is 6.63. The van der Waals surface area contributed by atoms with E-state index >= 15 is 0 Å².